The zero-order valence-corrected chi connectivity index (χ0v) is 17.1. The van der Waals surface area contributed by atoms with Crippen molar-refractivity contribution in [3.63, 3.8) is 0 Å². The molecule has 3 rings (SSSR count). The summed E-state index contributed by atoms with van der Waals surface area (Å²) in [5.74, 6) is 0.615. The maximum Gasteiger partial charge on any atom is 0.191 e. The number of benzene rings is 1. The molecule has 0 unspecified atom stereocenters. The van der Waals surface area contributed by atoms with Gasteiger partial charge in [-0.3, -0.25) is 4.99 Å². The fraction of sp³-hybridized carbons (Fsp3) is 0.571. The van der Waals surface area contributed by atoms with Crippen LogP contribution in [0.3, 0.4) is 0 Å². The molecule has 0 radical (unpaired) electrons. The second-order valence-corrected chi connectivity index (χ2v) is 7.61. The number of rotatable bonds is 7. The minimum atomic E-state index is -0.219. The average molecular weight is 390 g/mol. The highest BCUT2D eigenvalue weighted by Crippen LogP contribution is 2.26. The maximum absolute atomic E-state index is 13.3. The smallest absolute Gasteiger partial charge is 0.191 e. The summed E-state index contributed by atoms with van der Waals surface area (Å²) >= 11 is 0. The lowest BCUT2D eigenvalue weighted by Crippen LogP contribution is -2.51. The lowest BCUT2D eigenvalue weighted by atomic mass is 9.89. The summed E-state index contributed by atoms with van der Waals surface area (Å²) in [6.45, 7) is 5.97. The van der Waals surface area contributed by atoms with Gasteiger partial charge in [-0.2, -0.15) is 0 Å². The molecule has 0 spiro atoms. The summed E-state index contributed by atoms with van der Waals surface area (Å²) in [6.07, 6.45) is 4.78. The predicted molar refractivity (Wildman–Crippen MR) is 112 cm³/mol. The lowest BCUT2D eigenvalue weighted by molar-refractivity contribution is -0.00254. The number of fused-ring (bicyclic) bond motifs is 1. The maximum atomic E-state index is 13.3. The molecular weight excluding hydrogens is 357 g/mol. The number of guanidine groups is 1. The van der Waals surface area contributed by atoms with E-state index < -0.39 is 0 Å². The first-order valence-electron chi connectivity index (χ1n) is 10.1. The molecule has 6 nitrogen and oxygen atoms in total. The van der Waals surface area contributed by atoms with Crippen molar-refractivity contribution in [2.75, 3.05) is 46.9 Å². The fourth-order valence-electron chi connectivity index (χ4n) is 3.75. The summed E-state index contributed by atoms with van der Waals surface area (Å²) in [7, 11) is 4.25. The van der Waals surface area contributed by atoms with Crippen LogP contribution in [-0.2, 0) is 11.2 Å². The molecule has 1 saturated heterocycles. The first-order chi connectivity index (χ1) is 13.5. The van der Waals surface area contributed by atoms with Gasteiger partial charge < -0.3 is 25.3 Å². The van der Waals surface area contributed by atoms with E-state index in [0.29, 0.717) is 0 Å². The molecule has 0 aliphatic carbocycles. The minimum Gasteiger partial charge on any atom is -0.381 e. The average Bonchev–Trinajstić information content (AvgIpc) is 3.08. The Bertz CT molecular complexity index is 795. The number of aromatic nitrogens is 1. The Morgan fingerprint density at radius 3 is 2.79 bits per heavy atom. The van der Waals surface area contributed by atoms with Gasteiger partial charge in [0.1, 0.15) is 5.82 Å². The lowest BCUT2D eigenvalue weighted by Gasteiger charge is -2.41. The van der Waals surface area contributed by atoms with Crippen LogP contribution in [0.5, 0.6) is 0 Å². The summed E-state index contributed by atoms with van der Waals surface area (Å²) in [6, 6.07) is 4.88. The highest BCUT2D eigenvalue weighted by atomic mass is 19.1. The molecule has 0 atom stereocenters. The van der Waals surface area contributed by atoms with Crippen LogP contribution in [0.2, 0.25) is 0 Å². The van der Waals surface area contributed by atoms with Gasteiger partial charge in [0.2, 0.25) is 0 Å². The standard InChI is InChI=1S/C21H32FN5O/c1-4-23-20(26-15-21(27(2)3)8-11-28-12-9-21)24-10-7-16-14-25-19-13-17(22)5-6-18(16)19/h5-6,13-14,25H,4,7-12,15H2,1-3H3,(H2,23,24,26). The number of ether oxygens (including phenoxy) is 1. The van der Waals surface area contributed by atoms with Gasteiger partial charge in [0.25, 0.3) is 0 Å². The number of nitrogens with zero attached hydrogens (tertiary/aromatic N) is 2. The Balaban J connectivity index is 1.61. The minimum absolute atomic E-state index is 0.0571. The summed E-state index contributed by atoms with van der Waals surface area (Å²) in [4.78, 5) is 10.3. The first-order valence-corrected chi connectivity index (χ1v) is 10.1. The zero-order chi connectivity index (χ0) is 20.0. The third-order valence-corrected chi connectivity index (χ3v) is 5.66. The first kappa shape index (κ1) is 20.6. The molecule has 28 heavy (non-hydrogen) atoms. The molecule has 1 aliphatic heterocycles. The van der Waals surface area contributed by atoms with Crippen molar-refractivity contribution in [3.8, 4) is 0 Å². The molecule has 2 heterocycles. The molecule has 154 valence electrons. The summed E-state index contributed by atoms with van der Waals surface area (Å²) in [5, 5.41) is 7.84. The second-order valence-electron chi connectivity index (χ2n) is 7.61. The van der Waals surface area contributed by atoms with E-state index in [9.17, 15) is 4.39 Å². The van der Waals surface area contributed by atoms with Gasteiger partial charge >= 0.3 is 0 Å². The molecule has 0 saturated carbocycles. The third-order valence-electron chi connectivity index (χ3n) is 5.66. The predicted octanol–water partition coefficient (Wildman–Crippen LogP) is 2.52. The van der Waals surface area contributed by atoms with Crippen molar-refractivity contribution in [2.24, 2.45) is 4.99 Å². The van der Waals surface area contributed by atoms with Gasteiger partial charge in [0, 0.05) is 48.9 Å². The third kappa shape index (κ3) is 4.83. The number of aromatic amines is 1. The van der Waals surface area contributed by atoms with E-state index in [0.717, 1.165) is 69.0 Å². The fourth-order valence-corrected chi connectivity index (χ4v) is 3.75. The number of hydrogen-bond donors (Lipinski definition) is 3. The summed E-state index contributed by atoms with van der Waals surface area (Å²) in [5.41, 5.74) is 2.07. The molecule has 0 bridgehead atoms. The van der Waals surface area contributed by atoms with Crippen LogP contribution in [0.4, 0.5) is 4.39 Å². The van der Waals surface area contributed by atoms with Crippen LogP contribution in [0.25, 0.3) is 10.9 Å². The van der Waals surface area contributed by atoms with Crippen molar-refractivity contribution >= 4 is 16.9 Å². The quantitative estimate of drug-likeness (QED) is 0.503. The van der Waals surface area contributed by atoms with E-state index in [-0.39, 0.29) is 11.4 Å². The van der Waals surface area contributed by atoms with E-state index in [1.807, 2.05) is 12.3 Å². The van der Waals surface area contributed by atoms with Crippen molar-refractivity contribution in [1.82, 2.24) is 20.5 Å². The molecular formula is C21H32FN5O. The molecule has 1 aromatic carbocycles. The van der Waals surface area contributed by atoms with E-state index >= 15 is 0 Å². The van der Waals surface area contributed by atoms with Crippen molar-refractivity contribution < 1.29 is 9.13 Å². The van der Waals surface area contributed by atoms with E-state index in [1.54, 1.807) is 0 Å². The number of hydrogen-bond acceptors (Lipinski definition) is 3. The van der Waals surface area contributed by atoms with Crippen molar-refractivity contribution in [2.45, 2.75) is 31.7 Å². The molecule has 0 amide bonds. The normalized spacial score (nSPS) is 17.2. The van der Waals surface area contributed by atoms with Crippen LogP contribution in [0.1, 0.15) is 25.3 Å². The van der Waals surface area contributed by atoms with E-state index in [1.165, 1.54) is 17.7 Å². The van der Waals surface area contributed by atoms with Crippen molar-refractivity contribution in [1.29, 1.82) is 0 Å². The zero-order valence-electron chi connectivity index (χ0n) is 17.1. The molecule has 7 heteroatoms. The van der Waals surface area contributed by atoms with Crippen LogP contribution >= 0.6 is 0 Å². The highest BCUT2D eigenvalue weighted by Gasteiger charge is 2.34. The van der Waals surface area contributed by atoms with Gasteiger partial charge in [0.15, 0.2) is 5.96 Å². The van der Waals surface area contributed by atoms with Gasteiger partial charge in [-0.25, -0.2) is 4.39 Å². The second kappa shape index (κ2) is 9.39. The van der Waals surface area contributed by atoms with Gasteiger partial charge in [0.05, 0.1) is 6.54 Å². The number of halogens is 1. The monoisotopic (exact) mass is 389 g/mol. The number of nitrogens with one attached hydrogen (secondary N) is 3. The Morgan fingerprint density at radius 1 is 1.29 bits per heavy atom. The number of likely N-dealkylation sites (N-methyl/N-ethyl adjacent to an activating group) is 1. The van der Waals surface area contributed by atoms with Crippen molar-refractivity contribution in [3.05, 3.63) is 35.8 Å². The molecule has 3 N–H and O–H groups in total. The van der Waals surface area contributed by atoms with Gasteiger partial charge in [-0.15, -0.1) is 0 Å². The van der Waals surface area contributed by atoms with E-state index in [4.69, 9.17) is 9.73 Å². The van der Waals surface area contributed by atoms with Crippen LogP contribution in [0.15, 0.2) is 29.4 Å². The Morgan fingerprint density at radius 2 is 2.07 bits per heavy atom. The topological polar surface area (TPSA) is 64.7 Å². The van der Waals surface area contributed by atoms with Crippen LogP contribution in [0, 0.1) is 5.82 Å². The molecule has 2 aromatic rings. The molecule has 1 aromatic heterocycles. The number of aliphatic imine (C=N–C) groups is 1. The van der Waals surface area contributed by atoms with Crippen LogP contribution in [-0.4, -0.2) is 68.3 Å². The SMILES string of the molecule is CCNC(=NCC1(N(C)C)CCOCC1)NCCc1c[nH]c2cc(F)ccc12. The van der Waals surface area contributed by atoms with Gasteiger partial charge in [-0.05, 0) is 64.0 Å². The Kier molecular flexibility index (Phi) is 6.91. The largest absolute Gasteiger partial charge is 0.381 e. The summed E-state index contributed by atoms with van der Waals surface area (Å²) < 4.78 is 18.9. The van der Waals surface area contributed by atoms with E-state index in [2.05, 4.69) is 41.5 Å². The van der Waals surface area contributed by atoms with Crippen LogP contribution < -0.4 is 10.6 Å². The highest BCUT2D eigenvalue weighted by molar-refractivity contribution is 5.83. The van der Waals surface area contributed by atoms with Gasteiger partial charge in [-0.1, -0.05) is 0 Å². The number of H-pyrrole nitrogens is 1. The Labute approximate surface area is 166 Å². The molecule has 1 fully saturated rings. The molecule has 1 aliphatic rings. The Hall–Kier alpha value is -2.12.